The number of hydrogen-bond acceptors (Lipinski definition) is 15. The van der Waals surface area contributed by atoms with Crippen molar-refractivity contribution in [2.45, 2.75) is 6.92 Å². The van der Waals surface area contributed by atoms with Crippen molar-refractivity contribution in [3.63, 3.8) is 0 Å². The zero-order chi connectivity index (χ0) is 67.3. The quantitative estimate of drug-likeness (QED) is 0.110. The van der Waals surface area contributed by atoms with Crippen molar-refractivity contribution in [2.75, 3.05) is 13.3 Å². The first-order chi connectivity index (χ1) is 48.5. The molecule has 15 rings (SSSR count). The summed E-state index contributed by atoms with van der Waals surface area (Å²) in [4.78, 5) is 0. The molecule has 11 aromatic rings. The molecule has 0 spiro atoms. The van der Waals surface area contributed by atoms with Crippen LogP contribution in [0, 0.1) is 6.92 Å². The van der Waals surface area contributed by atoms with Crippen molar-refractivity contribution < 1.29 is 62.7 Å². The molecule has 0 radical (unpaired) electrons. The van der Waals surface area contributed by atoms with Gasteiger partial charge in [-0.1, -0.05) is 327 Å². The van der Waals surface area contributed by atoms with E-state index >= 15 is 0 Å². The van der Waals surface area contributed by atoms with Gasteiger partial charge in [0.1, 0.15) is 16.2 Å². The van der Waals surface area contributed by atoms with Crippen LogP contribution in [0.25, 0.3) is 12.2 Å². The van der Waals surface area contributed by atoms with Gasteiger partial charge in [0, 0.05) is 31.1 Å². The topological polar surface area (TPSA) is 138 Å². The van der Waals surface area contributed by atoms with Gasteiger partial charge in [0.25, 0.3) is 0 Å². The summed E-state index contributed by atoms with van der Waals surface area (Å²) < 4.78 is 125. The summed E-state index contributed by atoms with van der Waals surface area (Å²) in [6.07, 6.45) is 3.82. The second kappa shape index (κ2) is 28.9. The molecule has 26 heteroatoms. The van der Waals surface area contributed by atoms with E-state index in [2.05, 4.69) is 36.9 Å². The molecule has 9 unspecified atom stereocenters. The first kappa shape index (κ1) is 67.4. The van der Waals surface area contributed by atoms with Crippen LogP contribution in [0.5, 0.6) is 5.75 Å². The summed E-state index contributed by atoms with van der Waals surface area (Å²) >= 11 is 0. The largest absolute Gasteiger partial charge is 0.521 e. The van der Waals surface area contributed by atoms with E-state index < -0.39 is 88.5 Å². The fraction of sp³-hybridized carbons (Fsp3) is 0.0411. The van der Waals surface area contributed by atoms with Crippen molar-refractivity contribution in [1.29, 1.82) is 0 Å². The normalized spacial score (nSPS) is 28.7. The van der Waals surface area contributed by atoms with Crippen molar-refractivity contribution in [1.82, 2.24) is 0 Å². The summed E-state index contributed by atoms with van der Waals surface area (Å²) in [5, 5.41) is 5.25. The van der Waals surface area contributed by atoms with Crippen LogP contribution in [0.15, 0.2) is 333 Å². The number of aryl methyl sites for hydroxylation is 1. The molecule has 496 valence electrons. The number of methoxy groups -OCH3 is 1. The second-order valence-corrected chi connectivity index (χ2v) is 53.3. The maximum Gasteiger partial charge on any atom is 0.521 e. The Labute approximate surface area is 591 Å². The number of rotatable bonds is 15. The van der Waals surface area contributed by atoms with Gasteiger partial charge < -0.3 is 62.7 Å². The molecule has 4 aliphatic heterocycles. The van der Waals surface area contributed by atoms with Crippen molar-refractivity contribution in [2.24, 2.45) is 0 Å². The van der Waals surface area contributed by atoms with Crippen molar-refractivity contribution in [3.05, 3.63) is 350 Å². The van der Waals surface area contributed by atoms with E-state index in [0.29, 0.717) is 52.4 Å². The summed E-state index contributed by atoms with van der Waals surface area (Å²) in [6.45, 7) is 2.06. The third kappa shape index (κ3) is 13.7. The minimum atomic E-state index is -5.40. The highest BCUT2D eigenvalue weighted by Crippen LogP contribution is 2.42. The van der Waals surface area contributed by atoms with Gasteiger partial charge in [0.2, 0.25) is 0 Å². The molecule has 4 aliphatic rings. The Morgan fingerprint density at radius 2 is 0.697 bits per heavy atom. The average Bonchev–Trinajstić information content (AvgIpc) is 1.33. The fourth-order valence-electron chi connectivity index (χ4n) is 12.4. The van der Waals surface area contributed by atoms with Gasteiger partial charge in [-0.15, -0.1) is 0 Å². The van der Waals surface area contributed by atoms with Crippen LogP contribution in [0.4, 0.5) is 0 Å². The molecule has 4 fully saturated rings. The van der Waals surface area contributed by atoms with Gasteiger partial charge in [-0.05, 0) is 57.1 Å². The molecule has 0 amide bonds. The smallest absolute Gasteiger partial charge is 0.497 e. The zero-order valence-electron chi connectivity index (χ0n) is 54.4. The Hall–Kier alpha value is -7.47. The lowest BCUT2D eigenvalue weighted by atomic mass is 10.2. The minimum absolute atomic E-state index is 0.0411. The SMILES string of the molecule is COc1ccc([Si]2(/C=C/c3ccccc3)O[SiH]3CO[Si]4(c5ccccc5)O[SiH](c5ccccc5)O[Si]5(c6ccccc6)O[Si](/C=C/c6ccccc6)(c6ccc(C)cc6)O[Si](c6ccccc6)(O4)O[Si@](c4ccccc4)(O3)O[Si](c3ccccc3)(O[Si](O[SiH3])(c3ccccc3)O2)O5)cc1. The Morgan fingerprint density at radius 3 is 1.17 bits per heavy atom. The monoisotopic (exact) mass is 1490 g/mol. The molecular weight excluding hydrogens is 1430 g/mol. The molecular formula is C73H70O15Si11. The maximum absolute atomic E-state index is 8.90. The van der Waals surface area contributed by atoms with Gasteiger partial charge in [-0.25, -0.2) is 0 Å². The molecule has 4 saturated heterocycles. The Morgan fingerprint density at radius 1 is 0.333 bits per heavy atom. The van der Waals surface area contributed by atoms with Crippen molar-refractivity contribution in [3.8, 4) is 5.75 Å². The zero-order valence-corrected chi connectivity index (χ0v) is 66.7. The third-order valence-corrected chi connectivity index (χ3v) is 58.0. The van der Waals surface area contributed by atoms with E-state index in [9.17, 15) is 0 Å². The van der Waals surface area contributed by atoms with Crippen LogP contribution in [-0.2, 0) is 57.9 Å². The summed E-state index contributed by atoms with van der Waals surface area (Å²) in [5.74, 6) is 0.614. The molecule has 0 saturated carbocycles. The number of fused-ring (bicyclic) bond motifs is 6. The minimum Gasteiger partial charge on any atom is -0.497 e. The van der Waals surface area contributed by atoms with Crippen LogP contribution in [0.1, 0.15) is 16.7 Å². The molecule has 11 aromatic carbocycles. The van der Waals surface area contributed by atoms with Crippen LogP contribution in [0.3, 0.4) is 0 Å². The standard InChI is InChI=1S/C73H70O15Si11/c1-61-48-52-67(53-49-61)93(59-57-63-32-14-4-15-33-63)82-97(71-42-24-9-25-43-71)80-91(65-34-16-5-17-35-65)79-94(68-36-18-6-19-37-68)75-60-90-77-92(58-56-62-30-12-3-13-31-62,66-54-50-64(74-2)51-55-66)81-95(76-89,69-38-20-7-21-39-69)85-99(88-97,73-46-28-11-29-47-73)87-96(78-90,70-40-22-8-23-41-70)86-98(83-93,84-94)72-44-26-10-27-45-72/h3-59,90-91H,60H2,1-2,89H3/b58-56+,59-57+/t90?,91?,92?,93?,94?,95?,96-,97?,98?,99?/m0/s1. The first-order valence-electron chi connectivity index (χ1n) is 32.6. The summed E-state index contributed by atoms with van der Waals surface area (Å²) in [5.41, 5.74) is 6.83. The van der Waals surface area contributed by atoms with Gasteiger partial charge in [-0.2, -0.15) is 0 Å². The lowest BCUT2D eigenvalue weighted by Gasteiger charge is -2.54. The van der Waals surface area contributed by atoms with Gasteiger partial charge >= 0.3 is 88.5 Å². The second-order valence-electron chi connectivity index (χ2n) is 23.9. The Kier molecular flexibility index (Phi) is 19.6. The van der Waals surface area contributed by atoms with E-state index in [1.807, 2.05) is 315 Å². The highest BCUT2D eigenvalue weighted by atomic mass is 28.6. The van der Waals surface area contributed by atoms with E-state index in [-0.39, 0.29) is 16.7 Å². The summed E-state index contributed by atoms with van der Waals surface area (Å²) in [7, 11) is -46.2. The fourth-order valence-corrected chi connectivity index (χ4v) is 64.2. The molecule has 0 aromatic heterocycles. The lowest BCUT2D eigenvalue weighted by molar-refractivity contribution is 0.0926. The molecule has 0 aliphatic carbocycles. The highest BCUT2D eigenvalue weighted by Gasteiger charge is 2.76. The Balaban J connectivity index is 1.18. The first-order valence-corrected chi connectivity index (χ1v) is 50.8. The molecule has 4 heterocycles. The van der Waals surface area contributed by atoms with E-state index in [4.69, 9.17) is 62.7 Å². The molecule has 15 nitrogen and oxygen atoms in total. The molecule has 10 atom stereocenters. The maximum atomic E-state index is 8.90. The van der Waals surface area contributed by atoms with Crippen LogP contribution < -0.4 is 51.4 Å². The third-order valence-electron chi connectivity index (χ3n) is 17.4. The van der Waals surface area contributed by atoms with Crippen LogP contribution in [0.2, 0.25) is 0 Å². The predicted molar refractivity (Wildman–Crippen MR) is 407 cm³/mol. The summed E-state index contributed by atoms with van der Waals surface area (Å²) in [6, 6.07) is 105. The Bertz CT molecular complexity index is 4560. The number of benzene rings is 11. The molecule has 0 N–H and O–H groups in total. The number of ether oxygens (including phenoxy) is 1. The predicted octanol–water partition coefficient (Wildman–Crippen LogP) is 6.04. The van der Waals surface area contributed by atoms with E-state index in [1.165, 1.54) is 0 Å². The average molecular weight is 1500 g/mol. The molecule has 99 heavy (non-hydrogen) atoms. The van der Waals surface area contributed by atoms with Gasteiger partial charge in [0.05, 0.1) is 13.3 Å². The van der Waals surface area contributed by atoms with E-state index in [1.54, 1.807) is 7.11 Å². The number of hydrogen-bond donors (Lipinski definition) is 0. The highest BCUT2D eigenvalue weighted by molar-refractivity contribution is 7.10. The lowest BCUT2D eigenvalue weighted by Crippen LogP contribution is -2.86. The molecule has 6 bridgehead atoms. The van der Waals surface area contributed by atoms with Crippen LogP contribution >= 0.6 is 0 Å². The van der Waals surface area contributed by atoms with E-state index in [0.717, 1.165) is 16.7 Å². The van der Waals surface area contributed by atoms with Gasteiger partial charge in [-0.3, -0.25) is 0 Å². The van der Waals surface area contributed by atoms with Crippen LogP contribution in [-0.4, -0.2) is 112 Å². The van der Waals surface area contributed by atoms with Gasteiger partial charge in [0.15, 0.2) is 0 Å². The van der Waals surface area contributed by atoms with Crippen molar-refractivity contribution >= 4 is 158 Å².